The van der Waals surface area contributed by atoms with E-state index in [-0.39, 0.29) is 23.7 Å². The third-order valence-electron chi connectivity index (χ3n) is 5.61. The van der Waals surface area contributed by atoms with E-state index in [0.29, 0.717) is 0 Å². The third-order valence-corrected chi connectivity index (χ3v) is 5.61. The maximum absolute atomic E-state index is 11.4. The van der Waals surface area contributed by atoms with Crippen molar-refractivity contribution in [3.63, 3.8) is 0 Å². The Kier molecular flexibility index (Phi) is 8.47. The second-order valence-corrected chi connectivity index (χ2v) is 7.38. The lowest BCUT2D eigenvalue weighted by Gasteiger charge is -2.15. The summed E-state index contributed by atoms with van der Waals surface area (Å²) in [7, 11) is 5.03. The van der Waals surface area contributed by atoms with Crippen molar-refractivity contribution in [1.29, 1.82) is 0 Å². The Morgan fingerprint density at radius 3 is 1.52 bits per heavy atom. The zero-order valence-electron chi connectivity index (χ0n) is 18.7. The number of aryl methyl sites for hydroxylation is 2. The van der Waals surface area contributed by atoms with Crippen LogP contribution in [-0.2, 0) is 28.4 Å². The van der Waals surface area contributed by atoms with Gasteiger partial charge < -0.3 is 9.84 Å². The van der Waals surface area contributed by atoms with Crippen molar-refractivity contribution in [3.8, 4) is 0 Å². The Bertz CT molecular complexity index is 844. The summed E-state index contributed by atoms with van der Waals surface area (Å²) < 4.78 is 8.06. The first-order chi connectivity index (χ1) is 13.4. The Morgan fingerprint density at radius 2 is 1.24 bits per heavy atom. The third kappa shape index (κ3) is 5.61. The highest BCUT2D eigenvalue weighted by Crippen LogP contribution is 2.25. The molecule has 4 unspecified atom stereocenters. The molecule has 2 aromatic heterocycles. The molecule has 0 amide bonds. The molecule has 10 heteroatoms. The van der Waals surface area contributed by atoms with Gasteiger partial charge in [0.2, 0.25) is 0 Å². The van der Waals surface area contributed by atoms with Gasteiger partial charge in [-0.15, -0.1) is 10.2 Å². The number of carboxylic acids is 1. The minimum atomic E-state index is -0.803. The van der Waals surface area contributed by atoms with E-state index >= 15 is 0 Å². The maximum atomic E-state index is 11.4. The first-order valence-corrected chi connectivity index (χ1v) is 9.46. The van der Waals surface area contributed by atoms with Gasteiger partial charge in [0.1, 0.15) is 0 Å². The predicted molar refractivity (Wildman–Crippen MR) is 106 cm³/mol. The van der Waals surface area contributed by atoms with Crippen LogP contribution in [0.3, 0.4) is 0 Å². The van der Waals surface area contributed by atoms with Crippen LogP contribution in [0.15, 0.2) is 0 Å². The fourth-order valence-corrected chi connectivity index (χ4v) is 2.76. The molecule has 0 radical (unpaired) electrons. The Hall–Kier alpha value is -2.78. The molecule has 0 fully saturated rings. The maximum Gasteiger partial charge on any atom is 0.309 e. The molecule has 0 saturated carbocycles. The van der Waals surface area contributed by atoms with Crippen LogP contribution < -0.4 is 0 Å². The zero-order chi connectivity index (χ0) is 22.5. The van der Waals surface area contributed by atoms with Crippen LogP contribution in [0.5, 0.6) is 0 Å². The van der Waals surface area contributed by atoms with E-state index in [1.165, 1.54) is 7.11 Å². The first kappa shape index (κ1) is 24.3. The lowest BCUT2D eigenvalue weighted by molar-refractivity contribution is -0.145. The van der Waals surface area contributed by atoms with Gasteiger partial charge in [-0.2, -0.15) is 0 Å². The molecule has 2 rings (SSSR count). The molecular formula is C19H32N6O4. The molecule has 0 aliphatic heterocycles. The summed E-state index contributed by atoms with van der Waals surface area (Å²) >= 11 is 0. The number of ether oxygens (including phenoxy) is 1. The predicted octanol–water partition coefficient (Wildman–Crippen LogP) is 1.98. The number of rotatable bonds is 6. The number of hydrogen-bond donors (Lipinski definition) is 1. The van der Waals surface area contributed by atoms with Gasteiger partial charge in [-0.3, -0.25) is 19.0 Å². The SMILES string of the molecule is COC(=O)C(C)C(C)c1nnn(C)c1C.Cc1c(C(C)C(C)C(=O)O)nnn1C. The number of carboxylic acid groups (broad SMARTS) is 1. The average molecular weight is 409 g/mol. The molecule has 0 aromatic carbocycles. The summed E-state index contributed by atoms with van der Waals surface area (Å²) in [6.07, 6.45) is 0. The van der Waals surface area contributed by atoms with Gasteiger partial charge in [-0.25, -0.2) is 0 Å². The van der Waals surface area contributed by atoms with Crippen molar-refractivity contribution < 1.29 is 19.4 Å². The van der Waals surface area contributed by atoms with Crippen LogP contribution in [0.25, 0.3) is 0 Å². The number of aromatic nitrogens is 6. The molecule has 1 N–H and O–H groups in total. The van der Waals surface area contributed by atoms with Gasteiger partial charge in [0.25, 0.3) is 0 Å². The number of carbonyl (C=O) groups excluding carboxylic acids is 1. The molecule has 0 saturated heterocycles. The van der Waals surface area contributed by atoms with Gasteiger partial charge in [0.05, 0.1) is 41.7 Å². The number of carbonyl (C=O) groups is 2. The van der Waals surface area contributed by atoms with Crippen LogP contribution in [0.1, 0.15) is 62.3 Å². The summed E-state index contributed by atoms with van der Waals surface area (Å²) in [6, 6.07) is 0. The van der Waals surface area contributed by atoms with Gasteiger partial charge in [-0.05, 0) is 13.8 Å². The first-order valence-electron chi connectivity index (χ1n) is 9.46. The molecule has 2 aromatic rings. The number of methoxy groups -OCH3 is 1. The molecule has 10 nitrogen and oxygen atoms in total. The van der Waals surface area contributed by atoms with E-state index in [1.54, 1.807) is 23.3 Å². The summed E-state index contributed by atoms with van der Waals surface area (Å²) in [4.78, 5) is 22.1. The van der Waals surface area contributed by atoms with Gasteiger partial charge in [-0.1, -0.05) is 38.1 Å². The van der Waals surface area contributed by atoms with Crippen molar-refractivity contribution in [1.82, 2.24) is 30.0 Å². The zero-order valence-corrected chi connectivity index (χ0v) is 18.7. The summed E-state index contributed by atoms with van der Waals surface area (Å²) in [6.45, 7) is 11.2. The number of esters is 1. The monoisotopic (exact) mass is 408 g/mol. The van der Waals surface area contributed by atoms with Gasteiger partial charge >= 0.3 is 11.9 Å². The van der Waals surface area contributed by atoms with Gasteiger partial charge in [0, 0.05) is 25.9 Å². The van der Waals surface area contributed by atoms with Crippen LogP contribution in [-0.4, -0.2) is 54.1 Å². The van der Waals surface area contributed by atoms with E-state index in [2.05, 4.69) is 20.6 Å². The van der Waals surface area contributed by atoms with E-state index < -0.39 is 11.9 Å². The summed E-state index contributed by atoms with van der Waals surface area (Å²) in [5.41, 5.74) is 3.53. The van der Waals surface area contributed by atoms with E-state index in [9.17, 15) is 9.59 Å². The number of aliphatic carboxylic acids is 1. The van der Waals surface area contributed by atoms with Crippen LogP contribution >= 0.6 is 0 Å². The van der Waals surface area contributed by atoms with E-state index in [1.807, 2.05) is 41.7 Å². The normalized spacial score (nSPS) is 14.9. The quantitative estimate of drug-likeness (QED) is 0.719. The largest absolute Gasteiger partial charge is 0.481 e. The highest BCUT2D eigenvalue weighted by Gasteiger charge is 2.26. The van der Waals surface area contributed by atoms with Crippen LogP contribution in [0.2, 0.25) is 0 Å². The second kappa shape index (κ2) is 10.1. The van der Waals surface area contributed by atoms with Crippen molar-refractivity contribution in [3.05, 3.63) is 22.8 Å². The smallest absolute Gasteiger partial charge is 0.309 e. The molecule has 4 atom stereocenters. The molecule has 0 bridgehead atoms. The van der Waals surface area contributed by atoms with Crippen LogP contribution in [0, 0.1) is 25.7 Å². The standard InChI is InChI=1S/C10H17N3O2.C9H15N3O2/c1-6(7(2)10(14)15-5)9-8(3)13(4)12-11-9;1-5(6(2)9(13)14)8-7(3)12(4)11-10-8/h6-7H,1-5H3;5-6H,1-4H3,(H,13,14). The Labute approximate surface area is 171 Å². The van der Waals surface area contributed by atoms with Crippen molar-refractivity contribution in [2.45, 2.75) is 53.4 Å². The Morgan fingerprint density at radius 1 is 0.862 bits per heavy atom. The van der Waals surface area contributed by atoms with Crippen molar-refractivity contribution in [2.24, 2.45) is 25.9 Å². The van der Waals surface area contributed by atoms with Crippen LogP contribution in [0.4, 0.5) is 0 Å². The minimum absolute atomic E-state index is 0.0196. The number of hydrogen-bond acceptors (Lipinski definition) is 7. The van der Waals surface area contributed by atoms with Crippen molar-refractivity contribution in [2.75, 3.05) is 7.11 Å². The highest BCUT2D eigenvalue weighted by molar-refractivity contribution is 5.73. The molecule has 0 aliphatic rings. The minimum Gasteiger partial charge on any atom is -0.481 e. The average Bonchev–Trinajstić information content (AvgIpc) is 3.21. The molecule has 0 aliphatic carbocycles. The summed E-state index contributed by atoms with van der Waals surface area (Å²) in [5, 5.41) is 24.7. The summed E-state index contributed by atoms with van der Waals surface area (Å²) in [5.74, 6) is -1.75. The fourth-order valence-electron chi connectivity index (χ4n) is 2.76. The number of nitrogens with zero attached hydrogens (tertiary/aromatic N) is 6. The lowest BCUT2D eigenvalue weighted by atomic mass is 9.92. The van der Waals surface area contributed by atoms with E-state index in [0.717, 1.165) is 22.8 Å². The Balaban J connectivity index is 0.000000291. The molecular weight excluding hydrogens is 376 g/mol. The second-order valence-electron chi connectivity index (χ2n) is 7.38. The van der Waals surface area contributed by atoms with Gasteiger partial charge in [0.15, 0.2) is 0 Å². The molecule has 2 heterocycles. The highest BCUT2D eigenvalue weighted by atomic mass is 16.5. The molecule has 162 valence electrons. The van der Waals surface area contributed by atoms with E-state index in [4.69, 9.17) is 9.84 Å². The molecule has 29 heavy (non-hydrogen) atoms. The lowest BCUT2D eigenvalue weighted by Crippen LogP contribution is -2.19. The molecule has 0 spiro atoms. The van der Waals surface area contributed by atoms with Crippen molar-refractivity contribution >= 4 is 11.9 Å². The topological polar surface area (TPSA) is 125 Å². The fraction of sp³-hybridized carbons (Fsp3) is 0.684.